The molecule has 0 unspecified atom stereocenters. The molecule has 0 amide bonds. The highest BCUT2D eigenvalue weighted by atomic mass is 16.4. The van der Waals surface area contributed by atoms with Crippen molar-refractivity contribution in [3.63, 3.8) is 0 Å². The third kappa shape index (κ3) is 1.37. The second kappa shape index (κ2) is 3.30. The first-order valence-corrected chi connectivity index (χ1v) is 4.41. The van der Waals surface area contributed by atoms with E-state index < -0.39 is 0 Å². The van der Waals surface area contributed by atoms with Gasteiger partial charge in [0.25, 0.3) is 0 Å². The topological polar surface area (TPSA) is 41.5 Å². The van der Waals surface area contributed by atoms with Crippen LogP contribution in [0.3, 0.4) is 0 Å². The number of phenolic OH excluding ortho intramolecular Hbond substituents is 1. The minimum Gasteiger partial charge on any atom is -0.565 e. The Morgan fingerprint density at radius 3 is 3.08 bits per heavy atom. The van der Waals surface area contributed by atoms with Crippen LogP contribution in [0.2, 0.25) is 0 Å². The Morgan fingerprint density at radius 1 is 1.46 bits per heavy atom. The van der Waals surface area contributed by atoms with Crippen LogP contribution in [0.15, 0.2) is 12.1 Å². The summed E-state index contributed by atoms with van der Waals surface area (Å²) in [5.74, 6) is 0.842. The predicted molar refractivity (Wildman–Crippen MR) is 52.7 cm³/mol. The van der Waals surface area contributed by atoms with E-state index in [-0.39, 0.29) is 5.75 Å². The lowest BCUT2D eigenvalue weighted by atomic mass is 9.99. The fourth-order valence-corrected chi connectivity index (χ4v) is 1.69. The van der Waals surface area contributed by atoms with Gasteiger partial charge < -0.3 is 15.1 Å². The number of hydrogen-bond donors (Lipinski definition) is 2. The third-order valence-electron chi connectivity index (χ3n) is 2.44. The van der Waals surface area contributed by atoms with Gasteiger partial charge in [-0.15, -0.1) is 0 Å². The lowest BCUT2D eigenvalue weighted by Crippen LogP contribution is -2.23. The van der Waals surface area contributed by atoms with Crippen LogP contribution in [0.25, 0.3) is 0 Å². The molecule has 0 saturated carbocycles. The standard InChI is InChI=1S/C9H12BNO2/c10-13-8-2-1-6-3-4-11-5-7(6)9(8)12/h1-2,11-12H,3-5,10H2. The number of rotatable bonds is 1. The molecule has 1 aromatic carbocycles. The molecular weight excluding hydrogens is 165 g/mol. The Morgan fingerprint density at radius 2 is 2.31 bits per heavy atom. The van der Waals surface area contributed by atoms with Crippen LogP contribution in [-0.2, 0) is 13.0 Å². The van der Waals surface area contributed by atoms with Gasteiger partial charge in [0.15, 0.2) is 5.75 Å². The monoisotopic (exact) mass is 177 g/mol. The Bertz CT molecular complexity index is 328. The van der Waals surface area contributed by atoms with E-state index in [2.05, 4.69) is 5.32 Å². The Hall–Kier alpha value is -1.16. The predicted octanol–water partition coefficient (Wildman–Crippen LogP) is -0.0352. The molecule has 1 aromatic rings. The Balaban J connectivity index is 2.48. The van der Waals surface area contributed by atoms with E-state index in [1.54, 1.807) is 8.05 Å². The molecule has 2 N–H and O–H groups in total. The zero-order chi connectivity index (χ0) is 9.26. The molecule has 0 spiro atoms. The van der Waals surface area contributed by atoms with Crippen molar-refractivity contribution in [2.45, 2.75) is 13.0 Å². The highest BCUT2D eigenvalue weighted by Crippen LogP contribution is 2.33. The fourth-order valence-electron chi connectivity index (χ4n) is 1.69. The molecule has 13 heavy (non-hydrogen) atoms. The first-order valence-electron chi connectivity index (χ1n) is 4.41. The molecule has 0 atom stereocenters. The molecule has 3 nitrogen and oxygen atoms in total. The van der Waals surface area contributed by atoms with Crippen LogP contribution < -0.4 is 9.97 Å². The summed E-state index contributed by atoms with van der Waals surface area (Å²) in [5, 5.41) is 13.0. The van der Waals surface area contributed by atoms with E-state index in [9.17, 15) is 5.11 Å². The van der Waals surface area contributed by atoms with Crippen molar-refractivity contribution in [3.05, 3.63) is 23.3 Å². The fraction of sp³-hybridized carbons (Fsp3) is 0.333. The van der Waals surface area contributed by atoms with Gasteiger partial charge in [0.2, 0.25) is 0 Å². The van der Waals surface area contributed by atoms with Gasteiger partial charge in [-0.3, -0.25) is 0 Å². The van der Waals surface area contributed by atoms with Gasteiger partial charge in [0.05, 0.1) is 0 Å². The number of aromatic hydroxyl groups is 1. The maximum absolute atomic E-state index is 9.77. The summed E-state index contributed by atoms with van der Waals surface area (Å²) in [6, 6.07) is 3.84. The average molecular weight is 177 g/mol. The van der Waals surface area contributed by atoms with Crippen LogP contribution in [-0.4, -0.2) is 19.7 Å². The van der Waals surface area contributed by atoms with Crippen molar-refractivity contribution >= 4 is 8.05 Å². The van der Waals surface area contributed by atoms with Gasteiger partial charge in [-0.05, 0) is 24.6 Å². The van der Waals surface area contributed by atoms with Crippen molar-refractivity contribution in [1.82, 2.24) is 5.32 Å². The van der Waals surface area contributed by atoms with Gasteiger partial charge in [-0.1, -0.05) is 6.07 Å². The van der Waals surface area contributed by atoms with Gasteiger partial charge in [-0.25, -0.2) is 0 Å². The molecule has 0 aromatic heterocycles. The number of fused-ring (bicyclic) bond motifs is 1. The van der Waals surface area contributed by atoms with Crippen molar-refractivity contribution in [2.24, 2.45) is 0 Å². The van der Waals surface area contributed by atoms with Crippen LogP contribution in [0.5, 0.6) is 11.5 Å². The molecular formula is C9H12BNO2. The molecule has 0 radical (unpaired) electrons. The molecule has 0 fully saturated rings. The van der Waals surface area contributed by atoms with Crippen LogP contribution in [0.4, 0.5) is 0 Å². The largest absolute Gasteiger partial charge is 0.565 e. The Kier molecular flexibility index (Phi) is 2.14. The Labute approximate surface area is 78.2 Å². The van der Waals surface area contributed by atoms with Crippen molar-refractivity contribution in [1.29, 1.82) is 0 Å². The van der Waals surface area contributed by atoms with E-state index in [0.29, 0.717) is 5.75 Å². The zero-order valence-corrected chi connectivity index (χ0v) is 7.63. The van der Waals surface area contributed by atoms with E-state index in [4.69, 9.17) is 4.65 Å². The second-order valence-electron chi connectivity index (χ2n) is 3.18. The summed E-state index contributed by atoms with van der Waals surface area (Å²) in [7, 11) is 1.57. The van der Waals surface area contributed by atoms with Crippen molar-refractivity contribution < 1.29 is 9.76 Å². The lowest BCUT2D eigenvalue weighted by molar-refractivity contribution is 0.432. The summed E-state index contributed by atoms with van der Waals surface area (Å²) in [4.78, 5) is 0. The molecule has 0 aliphatic carbocycles. The smallest absolute Gasteiger partial charge is 0.322 e. The number of phenols is 1. The highest BCUT2D eigenvalue weighted by Gasteiger charge is 2.15. The van der Waals surface area contributed by atoms with Gasteiger partial charge in [0.1, 0.15) is 5.75 Å². The van der Waals surface area contributed by atoms with Crippen LogP contribution in [0.1, 0.15) is 11.1 Å². The molecule has 4 heteroatoms. The number of nitrogens with one attached hydrogen (secondary N) is 1. The summed E-state index contributed by atoms with van der Waals surface area (Å²) in [6.07, 6.45) is 0.979. The summed E-state index contributed by atoms with van der Waals surface area (Å²) in [5.41, 5.74) is 2.20. The van der Waals surface area contributed by atoms with Crippen molar-refractivity contribution in [2.75, 3.05) is 6.54 Å². The van der Waals surface area contributed by atoms with E-state index in [1.807, 2.05) is 12.1 Å². The van der Waals surface area contributed by atoms with Gasteiger partial charge >= 0.3 is 8.05 Å². The average Bonchev–Trinajstić information content (AvgIpc) is 2.19. The molecule has 1 heterocycles. The summed E-state index contributed by atoms with van der Waals surface area (Å²) >= 11 is 0. The van der Waals surface area contributed by atoms with Crippen molar-refractivity contribution in [3.8, 4) is 11.5 Å². The second-order valence-corrected chi connectivity index (χ2v) is 3.18. The summed E-state index contributed by atoms with van der Waals surface area (Å²) in [6.45, 7) is 1.72. The van der Waals surface area contributed by atoms with E-state index in [1.165, 1.54) is 5.56 Å². The molecule has 0 bridgehead atoms. The molecule has 2 rings (SSSR count). The third-order valence-corrected chi connectivity index (χ3v) is 2.44. The molecule has 0 saturated heterocycles. The quantitative estimate of drug-likeness (QED) is 0.591. The minimum absolute atomic E-state index is 0.284. The molecule has 1 aliphatic heterocycles. The van der Waals surface area contributed by atoms with Gasteiger partial charge in [-0.2, -0.15) is 0 Å². The number of benzene rings is 1. The SMILES string of the molecule is BOc1ccc2c(c1O)CNCC2. The first kappa shape index (κ1) is 8.44. The molecule has 1 aliphatic rings. The lowest BCUT2D eigenvalue weighted by Gasteiger charge is -2.19. The van der Waals surface area contributed by atoms with Crippen LogP contribution in [0, 0.1) is 0 Å². The molecule has 68 valence electrons. The minimum atomic E-state index is 0.284. The maximum atomic E-state index is 9.77. The number of hydrogen-bond acceptors (Lipinski definition) is 3. The first-order chi connectivity index (χ1) is 6.33. The maximum Gasteiger partial charge on any atom is 0.322 e. The van der Waals surface area contributed by atoms with Crippen LogP contribution >= 0.6 is 0 Å². The van der Waals surface area contributed by atoms with E-state index >= 15 is 0 Å². The zero-order valence-electron chi connectivity index (χ0n) is 7.63. The normalized spacial score (nSPS) is 15.1. The summed E-state index contributed by atoms with van der Waals surface area (Å²) < 4.78 is 5.03. The highest BCUT2D eigenvalue weighted by molar-refractivity contribution is 6.00. The van der Waals surface area contributed by atoms with Gasteiger partial charge in [0, 0.05) is 12.1 Å². The van der Waals surface area contributed by atoms with E-state index in [0.717, 1.165) is 25.1 Å².